The van der Waals surface area contributed by atoms with Crippen LogP contribution in [0.25, 0.3) is 0 Å². The Labute approximate surface area is 135 Å². The van der Waals surface area contributed by atoms with Crippen molar-refractivity contribution in [2.45, 2.75) is 25.7 Å². The van der Waals surface area contributed by atoms with Gasteiger partial charge in [-0.25, -0.2) is 0 Å². The summed E-state index contributed by atoms with van der Waals surface area (Å²) in [5, 5.41) is 8.75. The molecule has 0 aromatic heterocycles. The Morgan fingerprint density at radius 2 is 1.52 bits per heavy atom. The lowest BCUT2D eigenvalue weighted by Crippen LogP contribution is -2.43. The summed E-state index contributed by atoms with van der Waals surface area (Å²) in [6, 6.07) is 9.41. The zero-order chi connectivity index (χ0) is 15.7. The number of hydrogen-bond acceptors (Lipinski definition) is 3. The fourth-order valence-electron chi connectivity index (χ4n) is 5.65. The van der Waals surface area contributed by atoms with Gasteiger partial charge in [-0.1, -0.05) is 12.1 Å². The van der Waals surface area contributed by atoms with Crippen LogP contribution >= 0.6 is 0 Å². The highest BCUT2D eigenvalue weighted by Gasteiger charge is 2.68. The van der Waals surface area contributed by atoms with Gasteiger partial charge >= 0.3 is 0 Å². The number of anilines is 1. The monoisotopic (exact) mass is 306 g/mol. The molecule has 6 atom stereocenters. The molecule has 5 fully saturated rings. The molecule has 4 nitrogen and oxygen atoms in total. The maximum absolute atomic E-state index is 13.0. The molecular formula is C19H18N2O2. The van der Waals surface area contributed by atoms with Crippen LogP contribution in [0.15, 0.2) is 24.3 Å². The van der Waals surface area contributed by atoms with Gasteiger partial charge in [-0.15, -0.1) is 0 Å². The SMILES string of the molecule is N#CCc1ccc(N2C(=O)[C@@H]3[C@@H]4CC[C@@H]([C@H]5C[C@H]54)[C@@H]3C2=O)cc1. The van der Waals surface area contributed by atoms with Gasteiger partial charge < -0.3 is 0 Å². The molecular weight excluding hydrogens is 288 g/mol. The number of rotatable bonds is 2. The molecule has 0 unspecified atom stereocenters. The van der Waals surface area contributed by atoms with Crippen LogP contribution in [0.1, 0.15) is 24.8 Å². The van der Waals surface area contributed by atoms with E-state index in [1.165, 1.54) is 11.3 Å². The quantitative estimate of drug-likeness (QED) is 0.789. The Balaban J connectivity index is 1.50. The van der Waals surface area contributed by atoms with Crippen molar-refractivity contribution in [2.75, 3.05) is 4.90 Å². The number of hydrogen-bond donors (Lipinski definition) is 0. The zero-order valence-electron chi connectivity index (χ0n) is 12.8. The third kappa shape index (κ3) is 1.65. The Hall–Kier alpha value is -2.15. The van der Waals surface area contributed by atoms with Gasteiger partial charge in [0.15, 0.2) is 0 Å². The number of carbonyl (C=O) groups excluding carboxylic acids is 2. The highest BCUT2D eigenvalue weighted by Crippen LogP contribution is 2.68. The molecule has 4 aliphatic carbocycles. The van der Waals surface area contributed by atoms with E-state index in [9.17, 15) is 9.59 Å². The van der Waals surface area contributed by atoms with Gasteiger partial charge in [-0.2, -0.15) is 5.26 Å². The third-order valence-corrected chi connectivity index (χ3v) is 6.62. The van der Waals surface area contributed by atoms with E-state index in [1.807, 2.05) is 24.3 Å². The molecule has 5 aliphatic rings. The first-order valence-corrected chi connectivity index (χ1v) is 8.54. The number of amides is 2. The van der Waals surface area contributed by atoms with Crippen LogP contribution in [0.2, 0.25) is 0 Å². The number of carbonyl (C=O) groups is 2. The van der Waals surface area contributed by atoms with Gasteiger partial charge in [0.25, 0.3) is 0 Å². The van der Waals surface area contributed by atoms with Gasteiger partial charge in [0.2, 0.25) is 11.8 Å². The van der Waals surface area contributed by atoms with Crippen molar-refractivity contribution < 1.29 is 9.59 Å². The van der Waals surface area contributed by atoms with Crippen LogP contribution < -0.4 is 4.90 Å². The summed E-state index contributed by atoms with van der Waals surface area (Å²) in [7, 11) is 0. The number of nitriles is 1. The lowest BCUT2D eigenvalue weighted by atomic mass is 9.59. The van der Waals surface area contributed by atoms with E-state index in [2.05, 4.69) is 6.07 Å². The summed E-state index contributed by atoms with van der Waals surface area (Å²) < 4.78 is 0. The fourth-order valence-corrected chi connectivity index (χ4v) is 5.65. The molecule has 2 bridgehead atoms. The van der Waals surface area contributed by atoms with Crippen molar-refractivity contribution in [2.24, 2.45) is 35.5 Å². The second-order valence-electron chi connectivity index (χ2n) is 7.53. The molecule has 116 valence electrons. The highest BCUT2D eigenvalue weighted by atomic mass is 16.2. The second-order valence-corrected chi connectivity index (χ2v) is 7.53. The molecule has 1 heterocycles. The molecule has 6 rings (SSSR count). The predicted octanol–water partition coefficient (Wildman–Crippen LogP) is 2.53. The van der Waals surface area contributed by atoms with Gasteiger partial charge in [0, 0.05) is 0 Å². The smallest absolute Gasteiger partial charge is 0.237 e. The minimum absolute atomic E-state index is 0.0214. The van der Waals surface area contributed by atoms with E-state index < -0.39 is 0 Å². The maximum Gasteiger partial charge on any atom is 0.237 e. The molecule has 4 saturated carbocycles. The summed E-state index contributed by atoms with van der Waals surface area (Å²) in [6.45, 7) is 0. The molecule has 0 radical (unpaired) electrons. The largest absolute Gasteiger partial charge is 0.274 e. The van der Waals surface area contributed by atoms with E-state index in [4.69, 9.17) is 5.26 Å². The Bertz CT molecular complexity index is 714. The number of nitrogens with zero attached hydrogens (tertiary/aromatic N) is 2. The lowest BCUT2D eigenvalue weighted by molar-refractivity contribution is -0.129. The molecule has 1 aromatic carbocycles. The zero-order valence-corrected chi connectivity index (χ0v) is 12.8. The van der Waals surface area contributed by atoms with E-state index in [-0.39, 0.29) is 23.7 Å². The average molecular weight is 306 g/mol. The van der Waals surface area contributed by atoms with E-state index in [0.717, 1.165) is 18.4 Å². The number of imide groups is 1. The van der Waals surface area contributed by atoms with Crippen LogP contribution in [0.5, 0.6) is 0 Å². The predicted molar refractivity (Wildman–Crippen MR) is 83.0 cm³/mol. The van der Waals surface area contributed by atoms with Crippen molar-refractivity contribution in [1.82, 2.24) is 0 Å². The average Bonchev–Trinajstić information content (AvgIpc) is 3.34. The van der Waals surface area contributed by atoms with Crippen molar-refractivity contribution in [1.29, 1.82) is 5.26 Å². The van der Waals surface area contributed by atoms with Gasteiger partial charge in [0.05, 0.1) is 30.0 Å². The van der Waals surface area contributed by atoms with Crippen LogP contribution in [0, 0.1) is 46.8 Å². The summed E-state index contributed by atoms with van der Waals surface area (Å²) in [5.74, 6) is 2.21. The van der Waals surface area contributed by atoms with E-state index in [1.54, 1.807) is 0 Å². The van der Waals surface area contributed by atoms with E-state index >= 15 is 0 Å². The molecule has 2 amide bonds. The minimum atomic E-state index is -0.0659. The standard InChI is InChI=1S/C19H18N2O2/c20-8-7-10-1-3-11(4-2-10)21-18(22)16-12-5-6-13(15-9-14(12)15)17(16)19(21)23/h1-4,12-17H,5-7,9H2/t12-,13+,14+,15-,16-,17+. The van der Waals surface area contributed by atoms with E-state index in [0.29, 0.717) is 35.8 Å². The summed E-state index contributed by atoms with van der Waals surface area (Å²) >= 11 is 0. The number of fused-ring (bicyclic) bond motifs is 1. The normalized spacial score (nSPS) is 39.9. The minimum Gasteiger partial charge on any atom is -0.274 e. The summed E-state index contributed by atoms with van der Waals surface area (Å²) in [5.41, 5.74) is 1.58. The van der Waals surface area contributed by atoms with Gasteiger partial charge in [-0.05, 0) is 60.6 Å². The first-order chi connectivity index (χ1) is 11.2. The molecule has 1 aromatic rings. The maximum atomic E-state index is 13.0. The van der Waals surface area contributed by atoms with Crippen molar-refractivity contribution in [3.8, 4) is 6.07 Å². The van der Waals surface area contributed by atoms with Gasteiger partial charge in [0.1, 0.15) is 0 Å². The Kier molecular flexibility index (Phi) is 2.57. The number of benzene rings is 1. The topological polar surface area (TPSA) is 61.2 Å². The van der Waals surface area contributed by atoms with Crippen LogP contribution in [-0.2, 0) is 16.0 Å². The molecule has 0 spiro atoms. The summed E-state index contributed by atoms with van der Waals surface area (Å²) in [4.78, 5) is 27.4. The first kappa shape index (κ1) is 13.3. The van der Waals surface area contributed by atoms with Crippen molar-refractivity contribution in [3.05, 3.63) is 29.8 Å². The fraction of sp³-hybridized carbons (Fsp3) is 0.526. The van der Waals surface area contributed by atoms with Crippen LogP contribution in [-0.4, -0.2) is 11.8 Å². The lowest BCUT2D eigenvalue weighted by Gasteiger charge is -2.42. The van der Waals surface area contributed by atoms with Crippen molar-refractivity contribution >= 4 is 17.5 Å². The molecule has 1 saturated heterocycles. The van der Waals surface area contributed by atoms with Crippen molar-refractivity contribution in [3.63, 3.8) is 0 Å². The molecule has 23 heavy (non-hydrogen) atoms. The Morgan fingerprint density at radius 3 is 2.04 bits per heavy atom. The Morgan fingerprint density at radius 1 is 0.957 bits per heavy atom. The van der Waals surface area contributed by atoms with Crippen LogP contribution in [0.4, 0.5) is 5.69 Å². The highest BCUT2D eigenvalue weighted by molar-refractivity contribution is 6.22. The van der Waals surface area contributed by atoms with Gasteiger partial charge in [-0.3, -0.25) is 14.5 Å². The molecule has 0 N–H and O–H groups in total. The molecule has 1 aliphatic heterocycles. The first-order valence-electron chi connectivity index (χ1n) is 8.54. The molecule has 4 heteroatoms. The summed E-state index contributed by atoms with van der Waals surface area (Å²) in [6.07, 6.45) is 3.84. The van der Waals surface area contributed by atoms with Crippen LogP contribution in [0.3, 0.4) is 0 Å². The second kappa shape index (κ2) is 4.44. The third-order valence-electron chi connectivity index (χ3n) is 6.62.